The summed E-state index contributed by atoms with van der Waals surface area (Å²) in [5.41, 5.74) is 0.445. The van der Waals surface area contributed by atoms with E-state index in [1.165, 1.54) is 12.1 Å². The van der Waals surface area contributed by atoms with Gasteiger partial charge in [0.1, 0.15) is 5.82 Å². The van der Waals surface area contributed by atoms with E-state index in [1.807, 2.05) is 0 Å². The number of amides is 1. The summed E-state index contributed by atoms with van der Waals surface area (Å²) in [6.07, 6.45) is 1.08. The fraction of sp³-hybridized carbons (Fsp3) is 0.556. The zero-order valence-corrected chi connectivity index (χ0v) is 17.8. The highest BCUT2D eigenvalue weighted by Crippen LogP contribution is 2.17. The van der Waals surface area contributed by atoms with Crippen molar-refractivity contribution < 1.29 is 13.9 Å². The number of halogens is 2. The summed E-state index contributed by atoms with van der Waals surface area (Å²) in [5.74, 6) is 0.105. The fourth-order valence-corrected chi connectivity index (χ4v) is 3.44. The largest absolute Gasteiger partial charge is 0.379 e. The number of rotatable bonds is 4. The monoisotopic (exact) mass is 491 g/mol. The van der Waals surface area contributed by atoms with Crippen LogP contribution in [-0.4, -0.2) is 80.7 Å². The van der Waals surface area contributed by atoms with Crippen LogP contribution in [-0.2, 0) is 9.53 Å². The quantitative estimate of drug-likeness (QED) is 0.379. The number of nitrogens with zero attached hydrogens (tertiary/aromatic N) is 3. The molecular weight excluding hydrogens is 464 g/mol. The molecule has 1 aromatic carbocycles. The van der Waals surface area contributed by atoms with E-state index >= 15 is 0 Å². The molecule has 150 valence electrons. The number of guanidine groups is 1. The molecule has 7 nitrogen and oxygen atoms in total. The van der Waals surface area contributed by atoms with Crippen LogP contribution in [0.1, 0.15) is 6.42 Å². The Morgan fingerprint density at radius 3 is 2.81 bits per heavy atom. The first kappa shape index (κ1) is 21.8. The molecule has 0 aromatic heterocycles. The van der Waals surface area contributed by atoms with E-state index in [4.69, 9.17) is 4.74 Å². The molecule has 9 heteroatoms. The number of likely N-dealkylation sites (tertiary alicyclic amines) is 1. The van der Waals surface area contributed by atoms with Crippen molar-refractivity contribution >= 4 is 41.5 Å². The average Bonchev–Trinajstić information content (AvgIpc) is 3.13. The molecule has 2 fully saturated rings. The van der Waals surface area contributed by atoms with Crippen molar-refractivity contribution in [3.05, 3.63) is 30.1 Å². The van der Waals surface area contributed by atoms with Crippen molar-refractivity contribution in [3.8, 4) is 0 Å². The number of aliphatic imine (C=N–C) groups is 1. The number of hydrogen-bond acceptors (Lipinski definition) is 4. The maximum atomic E-state index is 13.2. The molecule has 3 rings (SSSR count). The summed E-state index contributed by atoms with van der Waals surface area (Å²) in [5, 5.41) is 5.77. The van der Waals surface area contributed by atoms with Gasteiger partial charge in [-0.25, -0.2) is 4.39 Å². The highest BCUT2D eigenvalue weighted by molar-refractivity contribution is 14.0. The summed E-state index contributed by atoms with van der Waals surface area (Å²) in [4.78, 5) is 21.0. The SMILES string of the molecule is CN=C(NCC(=O)Nc1cccc(F)c1)N1CCC(N2CCOCC2)C1.I. The lowest BCUT2D eigenvalue weighted by atomic mass is 10.2. The highest BCUT2D eigenvalue weighted by Gasteiger charge is 2.30. The standard InChI is InChI=1S/C18H26FN5O2.HI/c1-20-18(21-12-17(25)22-15-4-2-3-14(19)11-15)24-6-5-16(13-24)23-7-9-26-10-8-23;/h2-4,11,16H,5-10,12-13H2,1H3,(H,20,21)(H,22,25);1H. The fourth-order valence-electron chi connectivity index (χ4n) is 3.44. The van der Waals surface area contributed by atoms with Crippen LogP contribution in [0.4, 0.5) is 10.1 Å². The first-order valence-corrected chi connectivity index (χ1v) is 8.98. The minimum atomic E-state index is -0.377. The van der Waals surface area contributed by atoms with Gasteiger partial charge in [0.2, 0.25) is 5.91 Å². The van der Waals surface area contributed by atoms with Gasteiger partial charge in [-0.05, 0) is 24.6 Å². The molecule has 1 amide bonds. The minimum Gasteiger partial charge on any atom is -0.379 e. The molecule has 2 aliphatic rings. The molecule has 2 N–H and O–H groups in total. The van der Waals surface area contributed by atoms with Gasteiger partial charge in [-0.2, -0.15) is 0 Å². The molecule has 2 aliphatic heterocycles. The van der Waals surface area contributed by atoms with Crippen molar-refractivity contribution in [1.82, 2.24) is 15.1 Å². The lowest BCUT2D eigenvalue weighted by Gasteiger charge is -2.32. The predicted molar refractivity (Wildman–Crippen MR) is 114 cm³/mol. The first-order valence-electron chi connectivity index (χ1n) is 8.98. The van der Waals surface area contributed by atoms with Gasteiger partial charge in [-0.3, -0.25) is 14.7 Å². The number of carbonyl (C=O) groups excluding carboxylic acids is 1. The summed E-state index contributed by atoms with van der Waals surface area (Å²) in [7, 11) is 1.72. The number of nitrogens with one attached hydrogen (secondary N) is 2. The molecule has 0 saturated carbocycles. The first-order chi connectivity index (χ1) is 12.7. The van der Waals surface area contributed by atoms with Crippen LogP contribution >= 0.6 is 24.0 Å². The molecule has 27 heavy (non-hydrogen) atoms. The van der Waals surface area contributed by atoms with Gasteiger partial charge in [0.25, 0.3) is 0 Å². The van der Waals surface area contributed by atoms with Gasteiger partial charge < -0.3 is 20.3 Å². The maximum Gasteiger partial charge on any atom is 0.243 e. The second kappa shape index (κ2) is 10.8. The van der Waals surface area contributed by atoms with E-state index in [-0.39, 0.29) is 42.2 Å². The number of morpholine rings is 1. The Morgan fingerprint density at radius 1 is 1.33 bits per heavy atom. The molecule has 2 heterocycles. The smallest absolute Gasteiger partial charge is 0.243 e. The summed E-state index contributed by atoms with van der Waals surface area (Å²) < 4.78 is 18.6. The normalized spacial score (nSPS) is 20.9. The number of benzene rings is 1. The number of anilines is 1. The highest BCUT2D eigenvalue weighted by atomic mass is 127. The topological polar surface area (TPSA) is 69.2 Å². The molecule has 0 bridgehead atoms. The molecule has 1 unspecified atom stereocenters. The molecule has 0 aliphatic carbocycles. The molecular formula is C18H27FIN5O2. The lowest BCUT2D eigenvalue weighted by Crippen LogP contribution is -2.47. The third kappa shape index (κ3) is 6.28. The van der Waals surface area contributed by atoms with E-state index in [1.54, 1.807) is 19.2 Å². The van der Waals surface area contributed by atoms with E-state index in [0.717, 1.165) is 51.8 Å². The van der Waals surface area contributed by atoms with Crippen molar-refractivity contribution in [3.63, 3.8) is 0 Å². The Morgan fingerprint density at radius 2 is 2.11 bits per heavy atom. The van der Waals surface area contributed by atoms with Crippen molar-refractivity contribution in [2.24, 2.45) is 4.99 Å². The van der Waals surface area contributed by atoms with Crippen LogP contribution in [0.5, 0.6) is 0 Å². The summed E-state index contributed by atoms with van der Waals surface area (Å²) >= 11 is 0. The van der Waals surface area contributed by atoms with Gasteiger partial charge >= 0.3 is 0 Å². The average molecular weight is 491 g/mol. The van der Waals surface area contributed by atoms with Gasteiger partial charge in [0.15, 0.2) is 5.96 Å². The van der Waals surface area contributed by atoms with Gasteiger partial charge in [0.05, 0.1) is 19.8 Å². The zero-order valence-electron chi connectivity index (χ0n) is 15.5. The number of carbonyl (C=O) groups is 1. The second-order valence-corrected chi connectivity index (χ2v) is 6.50. The van der Waals surface area contributed by atoms with Crippen LogP contribution in [0, 0.1) is 5.82 Å². The van der Waals surface area contributed by atoms with Crippen molar-refractivity contribution in [1.29, 1.82) is 0 Å². The molecule has 1 aromatic rings. The van der Waals surface area contributed by atoms with Gasteiger partial charge in [0, 0.05) is 45.0 Å². The maximum absolute atomic E-state index is 13.2. The Bertz CT molecular complexity index is 654. The van der Waals surface area contributed by atoms with Crippen LogP contribution in [0.25, 0.3) is 0 Å². The lowest BCUT2D eigenvalue weighted by molar-refractivity contribution is -0.115. The zero-order chi connectivity index (χ0) is 18.4. The summed E-state index contributed by atoms with van der Waals surface area (Å²) in [6, 6.07) is 6.35. The third-order valence-electron chi connectivity index (χ3n) is 4.75. The molecule has 1 atom stereocenters. The van der Waals surface area contributed by atoms with E-state index in [9.17, 15) is 9.18 Å². The van der Waals surface area contributed by atoms with Gasteiger partial charge in [-0.1, -0.05) is 6.07 Å². The van der Waals surface area contributed by atoms with Crippen molar-refractivity contribution in [2.75, 3.05) is 58.3 Å². The van der Waals surface area contributed by atoms with Crippen molar-refractivity contribution in [2.45, 2.75) is 12.5 Å². The van der Waals surface area contributed by atoms with Crippen LogP contribution < -0.4 is 10.6 Å². The number of ether oxygens (including phenoxy) is 1. The Hall–Kier alpha value is -1.46. The van der Waals surface area contributed by atoms with Crippen LogP contribution in [0.2, 0.25) is 0 Å². The van der Waals surface area contributed by atoms with E-state index in [0.29, 0.717) is 11.7 Å². The predicted octanol–water partition coefficient (Wildman–Crippen LogP) is 1.36. The molecule has 2 saturated heterocycles. The molecule has 0 radical (unpaired) electrons. The van der Waals surface area contributed by atoms with Crippen LogP contribution in [0.3, 0.4) is 0 Å². The van der Waals surface area contributed by atoms with E-state index < -0.39 is 0 Å². The second-order valence-electron chi connectivity index (χ2n) is 6.50. The molecule has 0 spiro atoms. The van der Waals surface area contributed by atoms with Crippen LogP contribution in [0.15, 0.2) is 29.3 Å². The minimum absolute atomic E-state index is 0. The third-order valence-corrected chi connectivity index (χ3v) is 4.75. The number of hydrogen-bond donors (Lipinski definition) is 2. The van der Waals surface area contributed by atoms with E-state index in [2.05, 4.69) is 25.4 Å². The Kier molecular flexibility index (Phi) is 8.71. The van der Waals surface area contributed by atoms with Gasteiger partial charge in [-0.15, -0.1) is 24.0 Å². The Labute approximate surface area is 176 Å². The summed E-state index contributed by atoms with van der Waals surface area (Å²) in [6.45, 7) is 5.43. The Balaban J connectivity index is 0.00000261.